The molecule has 0 fully saturated rings. The number of nitriles is 2. The van der Waals surface area contributed by atoms with E-state index in [0.29, 0.717) is 16.8 Å². The Labute approximate surface area is 96.8 Å². The number of allylic oxidation sites excluding steroid dienone is 1. The zero-order valence-electron chi connectivity index (χ0n) is 8.93. The topological polar surface area (TPSA) is 93.8 Å². The van der Waals surface area contributed by atoms with Crippen molar-refractivity contribution in [2.24, 2.45) is 0 Å². The third-order valence-electron chi connectivity index (χ3n) is 2.37. The third-order valence-corrected chi connectivity index (χ3v) is 2.37. The Hall–Kier alpha value is -2.79. The van der Waals surface area contributed by atoms with Crippen LogP contribution in [0.4, 0.5) is 0 Å². The number of hydrogen-bond acceptors (Lipinski definition) is 5. The number of aryl methyl sites for hydroxylation is 1. The quantitative estimate of drug-likeness (QED) is 0.751. The van der Waals surface area contributed by atoms with E-state index in [1.165, 1.54) is 12.1 Å². The molecule has 0 aliphatic rings. The van der Waals surface area contributed by atoms with E-state index in [2.05, 4.69) is 5.16 Å². The van der Waals surface area contributed by atoms with E-state index in [4.69, 9.17) is 15.0 Å². The number of nitrogens with zero attached hydrogens (tertiary/aromatic N) is 3. The summed E-state index contributed by atoms with van der Waals surface area (Å²) in [4.78, 5) is 0. The van der Waals surface area contributed by atoms with Crippen LogP contribution in [-0.4, -0.2) is 10.3 Å². The molecule has 0 radical (unpaired) electrons. The average molecular weight is 225 g/mol. The molecule has 1 aromatic carbocycles. The van der Waals surface area contributed by atoms with Gasteiger partial charge in [-0.25, -0.2) is 0 Å². The maximum absolute atomic E-state index is 9.71. The molecule has 0 spiro atoms. The molecule has 0 saturated heterocycles. The summed E-state index contributed by atoms with van der Waals surface area (Å²) in [5.74, 6) is -0.0587. The molecular weight excluding hydrogens is 218 g/mol. The number of benzene rings is 1. The van der Waals surface area contributed by atoms with Crippen molar-refractivity contribution in [1.82, 2.24) is 5.16 Å². The highest BCUT2D eigenvalue weighted by Gasteiger charge is 2.12. The van der Waals surface area contributed by atoms with Crippen LogP contribution in [0.2, 0.25) is 0 Å². The minimum Gasteiger partial charge on any atom is -0.507 e. The van der Waals surface area contributed by atoms with E-state index >= 15 is 0 Å². The molecule has 0 unspecified atom stereocenters. The van der Waals surface area contributed by atoms with Crippen LogP contribution < -0.4 is 0 Å². The SMILES string of the molecule is Cc1noc2c(C=C(C#N)C#N)c(O)ccc12. The van der Waals surface area contributed by atoms with Gasteiger partial charge in [0.2, 0.25) is 0 Å². The summed E-state index contributed by atoms with van der Waals surface area (Å²) in [5, 5.41) is 31.6. The van der Waals surface area contributed by atoms with Crippen LogP contribution in [0.25, 0.3) is 17.0 Å². The van der Waals surface area contributed by atoms with Crippen molar-refractivity contribution in [2.45, 2.75) is 6.92 Å². The predicted octanol–water partition coefficient (Wildman–Crippen LogP) is 2.27. The second-order valence-electron chi connectivity index (χ2n) is 3.42. The monoisotopic (exact) mass is 225 g/mol. The molecule has 0 atom stereocenters. The van der Waals surface area contributed by atoms with E-state index in [-0.39, 0.29) is 11.3 Å². The molecule has 0 bridgehead atoms. The molecular formula is C12H7N3O2. The van der Waals surface area contributed by atoms with Crippen molar-refractivity contribution in [1.29, 1.82) is 10.5 Å². The van der Waals surface area contributed by atoms with E-state index in [0.717, 1.165) is 5.39 Å². The Balaban J connectivity index is 2.78. The first-order valence-electron chi connectivity index (χ1n) is 4.77. The van der Waals surface area contributed by atoms with Crippen molar-refractivity contribution in [2.75, 3.05) is 0 Å². The third kappa shape index (κ3) is 1.70. The molecule has 2 aromatic rings. The van der Waals surface area contributed by atoms with Crippen molar-refractivity contribution in [3.05, 3.63) is 29.0 Å². The molecule has 0 saturated carbocycles. The number of phenolic OH excluding ortho intramolecular Hbond substituents is 1. The second-order valence-corrected chi connectivity index (χ2v) is 3.42. The highest BCUT2D eigenvalue weighted by atomic mass is 16.5. The lowest BCUT2D eigenvalue weighted by molar-refractivity contribution is 0.443. The van der Waals surface area contributed by atoms with Crippen molar-refractivity contribution >= 4 is 17.0 Å². The highest BCUT2D eigenvalue weighted by Crippen LogP contribution is 2.30. The molecule has 5 nitrogen and oxygen atoms in total. The van der Waals surface area contributed by atoms with Crippen LogP contribution >= 0.6 is 0 Å². The largest absolute Gasteiger partial charge is 0.507 e. The molecule has 1 heterocycles. The van der Waals surface area contributed by atoms with Gasteiger partial charge in [0, 0.05) is 5.39 Å². The summed E-state index contributed by atoms with van der Waals surface area (Å²) >= 11 is 0. The summed E-state index contributed by atoms with van der Waals surface area (Å²) in [7, 11) is 0. The van der Waals surface area contributed by atoms with Crippen molar-refractivity contribution in [3.63, 3.8) is 0 Å². The maximum Gasteiger partial charge on any atom is 0.178 e. The van der Waals surface area contributed by atoms with Gasteiger partial charge in [0.05, 0.1) is 11.3 Å². The van der Waals surface area contributed by atoms with E-state index in [1.54, 1.807) is 25.1 Å². The molecule has 0 aliphatic carbocycles. The Morgan fingerprint density at radius 3 is 2.76 bits per heavy atom. The van der Waals surface area contributed by atoms with Crippen LogP contribution in [0.15, 0.2) is 22.2 Å². The molecule has 82 valence electrons. The van der Waals surface area contributed by atoms with Gasteiger partial charge in [0.1, 0.15) is 23.5 Å². The van der Waals surface area contributed by atoms with E-state index in [9.17, 15) is 5.11 Å². The summed E-state index contributed by atoms with van der Waals surface area (Å²) < 4.78 is 5.08. The highest BCUT2D eigenvalue weighted by molar-refractivity contribution is 5.91. The standard InChI is InChI=1S/C12H7N3O2/c1-7-9-2-3-11(16)10(12(9)17-15-7)4-8(5-13)6-14/h2-4,16H,1H3. The van der Waals surface area contributed by atoms with Gasteiger partial charge in [-0.2, -0.15) is 10.5 Å². The van der Waals surface area contributed by atoms with Crippen LogP contribution in [0.3, 0.4) is 0 Å². The molecule has 5 heteroatoms. The first-order valence-corrected chi connectivity index (χ1v) is 4.77. The van der Waals surface area contributed by atoms with Gasteiger partial charge in [0.15, 0.2) is 5.58 Å². The predicted molar refractivity (Wildman–Crippen MR) is 59.6 cm³/mol. The van der Waals surface area contributed by atoms with Gasteiger partial charge in [0.25, 0.3) is 0 Å². The number of hydrogen-bond donors (Lipinski definition) is 1. The molecule has 1 N–H and O–H groups in total. The average Bonchev–Trinajstić information content (AvgIpc) is 2.70. The van der Waals surface area contributed by atoms with Gasteiger partial charge >= 0.3 is 0 Å². The summed E-state index contributed by atoms with van der Waals surface area (Å²) in [6.07, 6.45) is 1.28. The fraction of sp³-hybridized carbons (Fsp3) is 0.0833. The molecule has 2 rings (SSSR count). The van der Waals surface area contributed by atoms with Crippen molar-refractivity contribution < 1.29 is 9.63 Å². The van der Waals surface area contributed by atoms with Gasteiger partial charge in [-0.3, -0.25) is 0 Å². The smallest absolute Gasteiger partial charge is 0.178 e. The lowest BCUT2D eigenvalue weighted by atomic mass is 10.1. The first-order chi connectivity index (χ1) is 8.17. The van der Waals surface area contributed by atoms with Gasteiger partial charge < -0.3 is 9.63 Å². The first kappa shape index (κ1) is 10.7. The summed E-state index contributed by atoms with van der Waals surface area (Å²) in [6.45, 7) is 1.77. The lowest BCUT2D eigenvalue weighted by Gasteiger charge is -1.98. The Kier molecular flexibility index (Phi) is 2.52. The minimum atomic E-state index is -0.109. The molecule has 0 amide bonds. The number of fused-ring (bicyclic) bond motifs is 1. The zero-order chi connectivity index (χ0) is 12.4. The normalized spacial score (nSPS) is 9.59. The van der Waals surface area contributed by atoms with Crippen molar-refractivity contribution in [3.8, 4) is 17.9 Å². The number of aromatic nitrogens is 1. The zero-order valence-corrected chi connectivity index (χ0v) is 8.93. The molecule has 17 heavy (non-hydrogen) atoms. The van der Waals surface area contributed by atoms with E-state index in [1.807, 2.05) is 0 Å². The van der Waals surface area contributed by atoms with Gasteiger partial charge in [-0.1, -0.05) is 5.16 Å². The second kappa shape index (κ2) is 3.99. The van der Waals surface area contributed by atoms with Gasteiger partial charge in [-0.15, -0.1) is 0 Å². The lowest BCUT2D eigenvalue weighted by Crippen LogP contribution is -1.80. The Bertz CT molecular complexity index is 683. The van der Waals surface area contributed by atoms with Crippen LogP contribution in [0.5, 0.6) is 5.75 Å². The summed E-state index contributed by atoms with van der Waals surface area (Å²) in [5.41, 5.74) is 1.23. The Morgan fingerprint density at radius 2 is 2.12 bits per heavy atom. The number of phenols is 1. The van der Waals surface area contributed by atoms with Crippen LogP contribution in [0.1, 0.15) is 11.3 Å². The Morgan fingerprint density at radius 1 is 1.41 bits per heavy atom. The van der Waals surface area contributed by atoms with Crippen LogP contribution in [-0.2, 0) is 0 Å². The number of aromatic hydroxyl groups is 1. The fourth-order valence-electron chi connectivity index (χ4n) is 1.51. The molecule has 1 aromatic heterocycles. The fourth-order valence-corrected chi connectivity index (χ4v) is 1.51. The molecule has 0 aliphatic heterocycles. The summed E-state index contributed by atoms with van der Waals surface area (Å²) in [6, 6.07) is 6.60. The minimum absolute atomic E-state index is 0.0587. The number of rotatable bonds is 1. The van der Waals surface area contributed by atoms with E-state index < -0.39 is 0 Å². The maximum atomic E-state index is 9.71. The van der Waals surface area contributed by atoms with Gasteiger partial charge in [-0.05, 0) is 25.1 Å². The van der Waals surface area contributed by atoms with Crippen LogP contribution in [0, 0.1) is 29.6 Å².